The second-order valence-electron chi connectivity index (χ2n) is 6.54. The molecule has 0 aromatic heterocycles. The van der Waals surface area contributed by atoms with Crippen LogP contribution in [0, 0.1) is 17.0 Å². The number of carbonyl (C=O) groups is 1. The maximum absolute atomic E-state index is 12.8. The van der Waals surface area contributed by atoms with Crippen LogP contribution >= 0.6 is 11.6 Å². The van der Waals surface area contributed by atoms with E-state index in [1.54, 1.807) is 27.7 Å². The molecule has 0 saturated heterocycles. The van der Waals surface area contributed by atoms with Gasteiger partial charge in [0.2, 0.25) is 15.9 Å². The average Bonchev–Trinajstić information content (AvgIpc) is 2.44. The minimum atomic E-state index is -4.11. The van der Waals surface area contributed by atoms with Gasteiger partial charge in [-0.15, -0.1) is 0 Å². The fourth-order valence-electron chi connectivity index (χ4n) is 2.11. The third-order valence-corrected chi connectivity index (χ3v) is 5.60. The summed E-state index contributed by atoms with van der Waals surface area (Å²) in [6, 6.07) is 2.12. The number of nitrogens with one attached hydrogen (secondary N) is 1. The highest BCUT2D eigenvalue weighted by Gasteiger charge is 2.29. The Bertz CT molecular complexity index is 787. The predicted octanol–water partition coefficient (Wildman–Crippen LogP) is 2.48. The summed E-state index contributed by atoms with van der Waals surface area (Å²) >= 11 is 5.94. The van der Waals surface area contributed by atoms with Crippen molar-refractivity contribution in [1.29, 1.82) is 0 Å². The van der Waals surface area contributed by atoms with Crippen LogP contribution in [0.5, 0.6) is 0 Å². The molecule has 25 heavy (non-hydrogen) atoms. The van der Waals surface area contributed by atoms with Crippen LogP contribution in [0.3, 0.4) is 0 Å². The number of hydrogen-bond acceptors (Lipinski definition) is 5. The van der Waals surface area contributed by atoms with Crippen LogP contribution in [0.4, 0.5) is 5.69 Å². The van der Waals surface area contributed by atoms with E-state index in [0.717, 1.165) is 16.4 Å². The largest absolute Gasteiger partial charge is 0.350 e. The SMILES string of the molecule is CCN(CC(=O)NC(C)(C)C)S(=O)(=O)c1cc(Cl)c(C)c([N+](=O)[O-])c1. The van der Waals surface area contributed by atoms with Crippen molar-refractivity contribution in [2.45, 2.75) is 45.1 Å². The Kier molecular flexibility index (Phi) is 6.55. The number of carbonyl (C=O) groups excluding carboxylic acids is 1. The lowest BCUT2D eigenvalue weighted by molar-refractivity contribution is -0.385. The fraction of sp³-hybridized carbons (Fsp3) is 0.533. The molecule has 1 N–H and O–H groups in total. The highest BCUT2D eigenvalue weighted by Crippen LogP contribution is 2.30. The molecule has 140 valence electrons. The van der Waals surface area contributed by atoms with E-state index >= 15 is 0 Å². The second kappa shape index (κ2) is 7.67. The van der Waals surface area contributed by atoms with Gasteiger partial charge in [-0.2, -0.15) is 4.31 Å². The summed E-state index contributed by atoms with van der Waals surface area (Å²) in [4.78, 5) is 22.1. The zero-order valence-corrected chi connectivity index (χ0v) is 16.4. The number of halogens is 1. The maximum atomic E-state index is 12.8. The molecule has 0 spiro atoms. The Balaban J connectivity index is 3.25. The molecule has 0 aliphatic carbocycles. The molecule has 1 amide bonds. The molecular weight excluding hydrogens is 370 g/mol. The maximum Gasteiger partial charge on any atom is 0.275 e. The van der Waals surface area contributed by atoms with E-state index in [2.05, 4.69) is 5.32 Å². The van der Waals surface area contributed by atoms with Crippen molar-refractivity contribution in [2.75, 3.05) is 13.1 Å². The quantitative estimate of drug-likeness (QED) is 0.591. The van der Waals surface area contributed by atoms with Gasteiger partial charge >= 0.3 is 0 Å². The minimum absolute atomic E-state index is 0.0250. The van der Waals surface area contributed by atoms with E-state index in [1.165, 1.54) is 6.92 Å². The summed E-state index contributed by atoms with van der Waals surface area (Å²) in [7, 11) is -4.11. The molecule has 0 heterocycles. The van der Waals surface area contributed by atoms with Crippen molar-refractivity contribution in [1.82, 2.24) is 9.62 Å². The van der Waals surface area contributed by atoms with Crippen molar-refractivity contribution in [2.24, 2.45) is 0 Å². The van der Waals surface area contributed by atoms with Crippen LogP contribution in [0.15, 0.2) is 17.0 Å². The average molecular weight is 392 g/mol. The molecule has 0 radical (unpaired) electrons. The first-order valence-corrected chi connectivity index (χ1v) is 9.37. The molecule has 0 fully saturated rings. The summed E-state index contributed by atoms with van der Waals surface area (Å²) in [6.07, 6.45) is 0. The number of sulfonamides is 1. The van der Waals surface area contributed by atoms with Crippen molar-refractivity contribution in [3.05, 3.63) is 32.8 Å². The van der Waals surface area contributed by atoms with Gasteiger partial charge in [0.15, 0.2) is 0 Å². The van der Waals surface area contributed by atoms with Crippen LogP contribution in [-0.4, -0.2) is 42.2 Å². The Morgan fingerprint density at radius 2 is 1.92 bits per heavy atom. The lowest BCUT2D eigenvalue weighted by Gasteiger charge is -2.24. The lowest BCUT2D eigenvalue weighted by atomic mass is 10.1. The Morgan fingerprint density at radius 1 is 1.36 bits per heavy atom. The summed E-state index contributed by atoms with van der Waals surface area (Å²) in [5, 5.41) is 13.8. The predicted molar refractivity (Wildman–Crippen MR) is 95.2 cm³/mol. The van der Waals surface area contributed by atoms with Gasteiger partial charge in [-0.3, -0.25) is 14.9 Å². The minimum Gasteiger partial charge on any atom is -0.350 e. The van der Waals surface area contributed by atoms with Gasteiger partial charge in [-0.25, -0.2) is 8.42 Å². The molecule has 10 heteroatoms. The standard InChI is InChI=1S/C15H22ClN3O5S/c1-6-18(9-14(20)17-15(3,4)5)25(23,24)11-7-12(16)10(2)13(8-11)19(21)22/h7-8H,6,9H2,1-5H3,(H,17,20). The smallest absolute Gasteiger partial charge is 0.275 e. The van der Waals surface area contributed by atoms with E-state index in [0.29, 0.717) is 0 Å². The first-order chi connectivity index (χ1) is 11.3. The number of benzene rings is 1. The third-order valence-electron chi connectivity index (χ3n) is 3.31. The van der Waals surface area contributed by atoms with E-state index < -0.39 is 32.9 Å². The summed E-state index contributed by atoms with van der Waals surface area (Å²) in [5.74, 6) is -0.467. The summed E-state index contributed by atoms with van der Waals surface area (Å²) < 4.78 is 26.5. The fourth-order valence-corrected chi connectivity index (χ4v) is 3.84. The number of likely N-dealkylation sites (N-methyl/N-ethyl adjacent to an activating group) is 1. The second-order valence-corrected chi connectivity index (χ2v) is 8.88. The lowest BCUT2D eigenvalue weighted by Crippen LogP contribution is -2.47. The molecule has 0 atom stereocenters. The highest BCUT2D eigenvalue weighted by atomic mass is 35.5. The van der Waals surface area contributed by atoms with Gasteiger partial charge in [0, 0.05) is 23.7 Å². The van der Waals surface area contributed by atoms with Gasteiger partial charge in [0.1, 0.15) is 0 Å². The number of hydrogen-bond donors (Lipinski definition) is 1. The molecule has 0 unspecified atom stereocenters. The number of amides is 1. The first kappa shape index (κ1) is 21.3. The van der Waals surface area contributed by atoms with Crippen LogP contribution in [0.2, 0.25) is 5.02 Å². The normalized spacial score (nSPS) is 12.3. The van der Waals surface area contributed by atoms with Crippen LogP contribution in [-0.2, 0) is 14.8 Å². The Labute approximate surface area is 152 Å². The third kappa shape index (κ3) is 5.38. The Morgan fingerprint density at radius 3 is 2.36 bits per heavy atom. The number of nitro benzene ring substituents is 1. The van der Waals surface area contributed by atoms with Crippen molar-refractivity contribution < 1.29 is 18.1 Å². The molecule has 1 aromatic carbocycles. The molecule has 1 aromatic rings. The summed E-state index contributed by atoms with van der Waals surface area (Å²) in [6.45, 7) is 7.97. The van der Waals surface area contributed by atoms with Crippen molar-refractivity contribution >= 4 is 33.2 Å². The van der Waals surface area contributed by atoms with Gasteiger partial charge in [0.05, 0.1) is 21.4 Å². The number of nitrogens with zero attached hydrogens (tertiary/aromatic N) is 2. The van der Waals surface area contributed by atoms with Crippen molar-refractivity contribution in [3.8, 4) is 0 Å². The van der Waals surface area contributed by atoms with Crippen molar-refractivity contribution in [3.63, 3.8) is 0 Å². The van der Waals surface area contributed by atoms with Crippen LogP contribution in [0.1, 0.15) is 33.3 Å². The molecule has 0 aliphatic heterocycles. The zero-order chi connectivity index (χ0) is 19.6. The molecule has 0 aliphatic rings. The monoisotopic (exact) mass is 391 g/mol. The molecule has 1 rings (SSSR count). The topological polar surface area (TPSA) is 110 Å². The Hall–Kier alpha value is -1.71. The van der Waals surface area contributed by atoms with E-state index in [1.807, 2.05) is 0 Å². The van der Waals surface area contributed by atoms with Gasteiger partial charge in [-0.1, -0.05) is 18.5 Å². The highest BCUT2D eigenvalue weighted by molar-refractivity contribution is 7.89. The molecule has 0 saturated carbocycles. The summed E-state index contributed by atoms with van der Waals surface area (Å²) in [5.41, 5.74) is -0.716. The van der Waals surface area contributed by atoms with E-state index in [9.17, 15) is 23.3 Å². The molecule has 0 bridgehead atoms. The van der Waals surface area contributed by atoms with Gasteiger partial charge in [-0.05, 0) is 33.8 Å². The van der Waals surface area contributed by atoms with Gasteiger partial charge in [0.25, 0.3) is 5.69 Å². The molecular formula is C15H22ClN3O5S. The van der Waals surface area contributed by atoms with Crippen LogP contribution < -0.4 is 5.32 Å². The van der Waals surface area contributed by atoms with E-state index in [4.69, 9.17) is 11.6 Å². The molecule has 8 nitrogen and oxygen atoms in total. The van der Waals surface area contributed by atoms with Gasteiger partial charge < -0.3 is 5.32 Å². The van der Waals surface area contributed by atoms with Crippen LogP contribution in [0.25, 0.3) is 0 Å². The van der Waals surface area contributed by atoms with E-state index in [-0.39, 0.29) is 27.7 Å². The first-order valence-electron chi connectivity index (χ1n) is 7.55. The zero-order valence-electron chi connectivity index (χ0n) is 14.8. The number of rotatable bonds is 6. The number of nitro groups is 1.